The SMILES string of the molecule is COC(=O)COc1nc(Cl)ccc1N. The quantitative estimate of drug-likeness (QED) is 0.600. The predicted molar refractivity (Wildman–Crippen MR) is 51.2 cm³/mol. The van der Waals surface area contributed by atoms with E-state index in [9.17, 15) is 4.79 Å². The summed E-state index contributed by atoms with van der Waals surface area (Å²) < 4.78 is 9.35. The van der Waals surface area contributed by atoms with Gasteiger partial charge in [0.05, 0.1) is 12.8 Å². The number of carbonyl (C=O) groups is 1. The molecule has 1 heterocycles. The highest BCUT2D eigenvalue weighted by Crippen LogP contribution is 2.20. The monoisotopic (exact) mass is 216 g/mol. The van der Waals surface area contributed by atoms with E-state index in [1.807, 2.05) is 0 Å². The van der Waals surface area contributed by atoms with Crippen molar-refractivity contribution in [2.45, 2.75) is 0 Å². The van der Waals surface area contributed by atoms with Gasteiger partial charge >= 0.3 is 5.97 Å². The number of hydrogen-bond donors (Lipinski definition) is 1. The minimum atomic E-state index is -0.508. The topological polar surface area (TPSA) is 74.4 Å². The number of nitrogens with two attached hydrogens (primary N) is 1. The number of ether oxygens (including phenoxy) is 2. The number of carbonyl (C=O) groups excluding carboxylic acids is 1. The number of esters is 1. The van der Waals surface area contributed by atoms with Crippen LogP contribution in [0.3, 0.4) is 0 Å². The fraction of sp³-hybridized carbons (Fsp3) is 0.250. The van der Waals surface area contributed by atoms with Gasteiger partial charge in [0.25, 0.3) is 0 Å². The Bertz CT molecular complexity index is 343. The summed E-state index contributed by atoms with van der Waals surface area (Å²) in [7, 11) is 1.26. The van der Waals surface area contributed by atoms with Crippen molar-refractivity contribution in [2.24, 2.45) is 0 Å². The minimum absolute atomic E-state index is 0.128. The maximum absolute atomic E-state index is 10.7. The molecular formula is C8H9ClN2O3. The highest BCUT2D eigenvalue weighted by Gasteiger charge is 2.06. The Morgan fingerprint density at radius 1 is 1.64 bits per heavy atom. The summed E-state index contributed by atoms with van der Waals surface area (Å²) in [4.78, 5) is 14.5. The van der Waals surface area contributed by atoms with Gasteiger partial charge in [-0.25, -0.2) is 4.79 Å². The molecule has 0 fully saturated rings. The molecule has 0 aromatic carbocycles. The summed E-state index contributed by atoms with van der Waals surface area (Å²) >= 11 is 5.60. The lowest BCUT2D eigenvalue weighted by molar-refractivity contribution is -0.143. The van der Waals surface area contributed by atoms with Gasteiger partial charge in [-0.05, 0) is 12.1 Å². The van der Waals surface area contributed by atoms with Gasteiger partial charge in [-0.1, -0.05) is 11.6 Å². The number of hydrogen-bond acceptors (Lipinski definition) is 5. The maximum Gasteiger partial charge on any atom is 0.343 e. The van der Waals surface area contributed by atoms with Crippen molar-refractivity contribution >= 4 is 23.3 Å². The molecule has 6 heteroatoms. The lowest BCUT2D eigenvalue weighted by Crippen LogP contribution is -2.14. The molecule has 0 spiro atoms. The Labute approximate surface area is 85.8 Å². The first-order valence-electron chi connectivity index (χ1n) is 3.75. The molecular weight excluding hydrogens is 208 g/mol. The Balaban J connectivity index is 2.66. The fourth-order valence-corrected chi connectivity index (χ4v) is 0.870. The second-order valence-corrected chi connectivity index (χ2v) is 2.78. The van der Waals surface area contributed by atoms with Crippen molar-refractivity contribution in [3.8, 4) is 5.88 Å². The van der Waals surface area contributed by atoms with E-state index in [0.717, 1.165) is 0 Å². The smallest absolute Gasteiger partial charge is 0.343 e. The summed E-state index contributed by atoms with van der Waals surface area (Å²) in [6, 6.07) is 3.07. The molecule has 0 aliphatic heterocycles. The van der Waals surface area contributed by atoms with E-state index >= 15 is 0 Å². The first-order valence-corrected chi connectivity index (χ1v) is 4.13. The van der Waals surface area contributed by atoms with Crippen LogP contribution in [0.1, 0.15) is 0 Å². The van der Waals surface area contributed by atoms with Gasteiger partial charge in [0.1, 0.15) is 5.15 Å². The highest BCUT2D eigenvalue weighted by molar-refractivity contribution is 6.29. The second kappa shape index (κ2) is 4.66. The molecule has 0 aliphatic carbocycles. The third-order valence-electron chi connectivity index (χ3n) is 1.41. The largest absolute Gasteiger partial charge is 0.466 e. The van der Waals surface area contributed by atoms with E-state index in [2.05, 4.69) is 9.72 Å². The maximum atomic E-state index is 10.7. The summed E-state index contributed by atoms with van der Waals surface area (Å²) in [5.41, 5.74) is 5.84. The third kappa shape index (κ3) is 2.77. The standard InChI is InChI=1S/C8H9ClN2O3/c1-13-7(12)4-14-8-5(10)2-3-6(9)11-8/h2-3H,4,10H2,1H3. The van der Waals surface area contributed by atoms with E-state index in [1.54, 1.807) is 6.07 Å². The van der Waals surface area contributed by atoms with Crippen LogP contribution in [0, 0.1) is 0 Å². The van der Waals surface area contributed by atoms with Crippen LogP contribution in [0.25, 0.3) is 0 Å². The average Bonchev–Trinajstić information content (AvgIpc) is 2.19. The van der Waals surface area contributed by atoms with Crippen LogP contribution in [0.15, 0.2) is 12.1 Å². The zero-order valence-corrected chi connectivity index (χ0v) is 8.25. The zero-order chi connectivity index (χ0) is 10.6. The number of methoxy groups -OCH3 is 1. The van der Waals surface area contributed by atoms with Crippen LogP contribution >= 0.6 is 11.6 Å². The second-order valence-electron chi connectivity index (χ2n) is 2.39. The lowest BCUT2D eigenvalue weighted by Gasteiger charge is -2.06. The first kappa shape index (κ1) is 10.6. The molecule has 1 aromatic rings. The van der Waals surface area contributed by atoms with Crippen LogP contribution in [0.4, 0.5) is 5.69 Å². The zero-order valence-electron chi connectivity index (χ0n) is 7.49. The number of anilines is 1. The fourth-order valence-electron chi connectivity index (χ4n) is 0.730. The molecule has 1 rings (SSSR count). The normalized spacial score (nSPS) is 9.57. The lowest BCUT2D eigenvalue weighted by atomic mass is 10.4. The Morgan fingerprint density at radius 2 is 2.36 bits per heavy atom. The summed E-state index contributed by atoms with van der Waals surface area (Å²) in [5.74, 6) is -0.380. The van der Waals surface area contributed by atoms with E-state index in [4.69, 9.17) is 22.1 Å². The number of pyridine rings is 1. The molecule has 0 radical (unpaired) electrons. The predicted octanol–water partition coefficient (Wildman–Crippen LogP) is 0.869. The third-order valence-corrected chi connectivity index (χ3v) is 1.62. The van der Waals surface area contributed by atoms with Crippen LogP contribution in [-0.2, 0) is 9.53 Å². The molecule has 14 heavy (non-hydrogen) atoms. The van der Waals surface area contributed by atoms with Gasteiger partial charge < -0.3 is 15.2 Å². The van der Waals surface area contributed by atoms with E-state index in [1.165, 1.54) is 13.2 Å². The van der Waals surface area contributed by atoms with Gasteiger partial charge in [-0.2, -0.15) is 4.98 Å². The van der Waals surface area contributed by atoms with Crippen LogP contribution < -0.4 is 10.5 Å². The average molecular weight is 217 g/mol. The van der Waals surface area contributed by atoms with Crippen LogP contribution in [-0.4, -0.2) is 24.7 Å². The Kier molecular flexibility index (Phi) is 3.53. The minimum Gasteiger partial charge on any atom is -0.466 e. The van der Waals surface area contributed by atoms with Crippen molar-refractivity contribution in [1.82, 2.24) is 4.98 Å². The molecule has 0 bridgehead atoms. The highest BCUT2D eigenvalue weighted by atomic mass is 35.5. The summed E-state index contributed by atoms with van der Waals surface area (Å²) in [6.45, 7) is -0.242. The molecule has 0 amide bonds. The van der Waals surface area contributed by atoms with Crippen molar-refractivity contribution in [3.05, 3.63) is 17.3 Å². The van der Waals surface area contributed by atoms with Gasteiger partial charge in [-0.15, -0.1) is 0 Å². The molecule has 5 nitrogen and oxygen atoms in total. The first-order chi connectivity index (χ1) is 6.63. The number of aromatic nitrogens is 1. The van der Waals surface area contributed by atoms with Crippen molar-refractivity contribution in [2.75, 3.05) is 19.5 Å². The van der Waals surface area contributed by atoms with Gasteiger partial charge in [0.15, 0.2) is 6.61 Å². The van der Waals surface area contributed by atoms with Gasteiger partial charge in [-0.3, -0.25) is 0 Å². The molecule has 1 aromatic heterocycles. The molecule has 0 saturated carbocycles. The van der Waals surface area contributed by atoms with Crippen molar-refractivity contribution in [1.29, 1.82) is 0 Å². The van der Waals surface area contributed by atoms with E-state index < -0.39 is 5.97 Å². The van der Waals surface area contributed by atoms with Crippen molar-refractivity contribution in [3.63, 3.8) is 0 Å². The van der Waals surface area contributed by atoms with E-state index in [0.29, 0.717) is 5.69 Å². The van der Waals surface area contributed by atoms with Gasteiger partial charge in [0, 0.05) is 0 Å². The number of nitrogen functional groups attached to an aromatic ring is 1. The molecule has 0 aliphatic rings. The van der Waals surface area contributed by atoms with Gasteiger partial charge in [0.2, 0.25) is 5.88 Å². The number of nitrogens with zero attached hydrogens (tertiary/aromatic N) is 1. The number of rotatable bonds is 3. The summed E-state index contributed by atoms with van der Waals surface area (Å²) in [6.07, 6.45) is 0. The van der Waals surface area contributed by atoms with Crippen LogP contribution in [0.5, 0.6) is 5.88 Å². The molecule has 2 N–H and O–H groups in total. The molecule has 0 saturated heterocycles. The van der Waals surface area contributed by atoms with E-state index in [-0.39, 0.29) is 17.6 Å². The molecule has 0 unspecified atom stereocenters. The molecule has 76 valence electrons. The number of halogens is 1. The van der Waals surface area contributed by atoms with Crippen molar-refractivity contribution < 1.29 is 14.3 Å². The van der Waals surface area contributed by atoms with Crippen LogP contribution in [0.2, 0.25) is 5.15 Å². The Hall–Kier alpha value is -1.49. The molecule has 0 atom stereocenters. The summed E-state index contributed by atoms with van der Waals surface area (Å²) in [5, 5.41) is 0.249. The Morgan fingerprint density at radius 3 is 3.00 bits per heavy atom.